The number of rotatable bonds is 7. The molecule has 1 rings (SSSR count). The van der Waals surface area contributed by atoms with Crippen LogP contribution in [0.2, 0.25) is 0 Å². The number of nitrogens with two attached hydrogens (primary N) is 1. The number of carbonyl (C=O) groups excluding carboxylic acids is 4. The fraction of sp³-hybridized carbons (Fsp3) is 0.765. The molecule has 4 atom stereocenters. The summed E-state index contributed by atoms with van der Waals surface area (Å²) in [5.41, 5.74) is 5.44. The number of ketones is 1. The Morgan fingerprint density at radius 2 is 1.64 bits per heavy atom. The zero-order valence-corrected chi connectivity index (χ0v) is 16.3. The first-order valence-corrected chi connectivity index (χ1v) is 9.05. The van der Waals surface area contributed by atoms with Gasteiger partial charge in [0.1, 0.15) is 12.1 Å². The predicted octanol–water partition coefficient (Wildman–Crippen LogP) is 0.102. The summed E-state index contributed by atoms with van der Waals surface area (Å²) in [6.07, 6.45) is -4.36. The number of halogens is 3. The predicted molar refractivity (Wildman–Crippen MR) is 93.8 cm³/mol. The maximum absolute atomic E-state index is 12.8. The van der Waals surface area contributed by atoms with Crippen molar-refractivity contribution in [2.24, 2.45) is 11.7 Å². The van der Waals surface area contributed by atoms with Gasteiger partial charge >= 0.3 is 6.18 Å². The van der Waals surface area contributed by atoms with Crippen LogP contribution in [-0.4, -0.2) is 65.3 Å². The molecule has 0 saturated carbocycles. The van der Waals surface area contributed by atoms with Gasteiger partial charge in [-0.05, 0) is 32.6 Å². The van der Waals surface area contributed by atoms with Crippen molar-refractivity contribution in [3.05, 3.63) is 0 Å². The molecule has 0 aromatic heterocycles. The molecular weight excluding hydrogens is 381 g/mol. The van der Waals surface area contributed by atoms with E-state index in [1.54, 1.807) is 0 Å². The lowest BCUT2D eigenvalue weighted by atomic mass is 9.98. The van der Waals surface area contributed by atoms with E-state index in [4.69, 9.17) is 5.73 Å². The number of likely N-dealkylation sites (tertiary alicyclic amines) is 1. The molecule has 1 fully saturated rings. The van der Waals surface area contributed by atoms with Gasteiger partial charge in [0.25, 0.3) is 5.78 Å². The minimum atomic E-state index is -5.08. The number of hydrogen-bond donors (Lipinski definition) is 3. The second-order valence-corrected chi connectivity index (χ2v) is 7.30. The van der Waals surface area contributed by atoms with Crippen molar-refractivity contribution in [1.82, 2.24) is 15.5 Å². The molecule has 1 unspecified atom stereocenters. The van der Waals surface area contributed by atoms with E-state index in [0.29, 0.717) is 6.42 Å². The normalized spacial score (nSPS) is 20.5. The van der Waals surface area contributed by atoms with Crippen LogP contribution in [0.25, 0.3) is 0 Å². The number of amides is 3. The second-order valence-electron chi connectivity index (χ2n) is 7.30. The smallest absolute Gasteiger partial charge is 0.344 e. The highest BCUT2D eigenvalue weighted by molar-refractivity contribution is 5.96. The van der Waals surface area contributed by atoms with Gasteiger partial charge in [0.15, 0.2) is 0 Å². The van der Waals surface area contributed by atoms with Gasteiger partial charge in [0.05, 0.1) is 12.1 Å². The second kappa shape index (κ2) is 9.35. The molecule has 4 N–H and O–H groups in total. The minimum absolute atomic E-state index is 0.217. The Labute approximate surface area is 161 Å². The minimum Gasteiger partial charge on any atom is -0.344 e. The highest BCUT2D eigenvalue weighted by atomic mass is 19.4. The van der Waals surface area contributed by atoms with E-state index in [-0.39, 0.29) is 13.0 Å². The molecule has 1 saturated heterocycles. The number of carbonyl (C=O) groups is 4. The van der Waals surface area contributed by atoms with Gasteiger partial charge in [-0.2, -0.15) is 13.2 Å². The number of Topliss-reactive ketones (excluding diaryl/α,β-unsaturated/α-hetero) is 1. The lowest BCUT2D eigenvalue weighted by Gasteiger charge is -2.29. The van der Waals surface area contributed by atoms with E-state index in [2.05, 4.69) is 10.6 Å². The van der Waals surface area contributed by atoms with E-state index in [1.807, 2.05) is 0 Å². The van der Waals surface area contributed by atoms with Gasteiger partial charge in [-0.15, -0.1) is 0 Å². The average molecular weight is 408 g/mol. The molecule has 0 radical (unpaired) electrons. The van der Waals surface area contributed by atoms with Crippen molar-refractivity contribution in [2.45, 2.75) is 70.9 Å². The van der Waals surface area contributed by atoms with Crippen molar-refractivity contribution in [3.8, 4) is 0 Å². The van der Waals surface area contributed by atoms with Crippen LogP contribution >= 0.6 is 0 Å². The van der Waals surface area contributed by atoms with Gasteiger partial charge in [-0.1, -0.05) is 13.8 Å². The first-order chi connectivity index (χ1) is 12.8. The topological polar surface area (TPSA) is 122 Å². The standard InChI is InChI=1S/C17H27F3N4O4/c1-8(2)12(13(25)17(18,19)20)23-15(27)11-6-5-7-24(11)16(28)10(4)22-14(26)9(3)21/h8-12H,5-7,21H2,1-4H3,(H,22,26)(H,23,27)/t9-,10-,11-,12?/m0/s1. The molecule has 0 spiro atoms. The van der Waals surface area contributed by atoms with E-state index >= 15 is 0 Å². The molecular formula is C17H27F3N4O4. The third-order valence-electron chi connectivity index (χ3n) is 4.51. The van der Waals surface area contributed by atoms with E-state index in [9.17, 15) is 32.3 Å². The van der Waals surface area contributed by atoms with Crippen LogP contribution < -0.4 is 16.4 Å². The SMILES string of the molecule is CC(C)C(NC(=O)[C@@H]1CCCN1C(=O)[C@H](C)NC(=O)[C@H](C)N)C(=O)C(F)(F)F. The Balaban J connectivity index is 2.87. The third kappa shape index (κ3) is 5.91. The summed E-state index contributed by atoms with van der Waals surface area (Å²) in [6, 6.07) is -4.53. The molecule has 8 nitrogen and oxygen atoms in total. The lowest BCUT2D eigenvalue weighted by molar-refractivity contribution is -0.175. The highest BCUT2D eigenvalue weighted by Crippen LogP contribution is 2.23. The number of hydrogen-bond acceptors (Lipinski definition) is 5. The van der Waals surface area contributed by atoms with Gasteiger partial charge in [-0.25, -0.2) is 0 Å². The summed E-state index contributed by atoms with van der Waals surface area (Å²) >= 11 is 0. The fourth-order valence-electron chi connectivity index (χ4n) is 2.92. The monoisotopic (exact) mass is 408 g/mol. The molecule has 1 aliphatic rings. The van der Waals surface area contributed by atoms with Crippen molar-refractivity contribution < 1.29 is 32.3 Å². The molecule has 1 aliphatic heterocycles. The number of alkyl halides is 3. The molecule has 0 aromatic carbocycles. The summed E-state index contributed by atoms with van der Waals surface area (Å²) in [4.78, 5) is 49.5. The first kappa shape index (κ1) is 23.9. The van der Waals surface area contributed by atoms with Crippen molar-refractivity contribution >= 4 is 23.5 Å². The maximum Gasteiger partial charge on any atom is 0.452 e. The first-order valence-electron chi connectivity index (χ1n) is 9.05. The Hall–Kier alpha value is -2.17. The van der Waals surface area contributed by atoms with Gasteiger partial charge in [0, 0.05) is 6.54 Å². The quantitative estimate of drug-likeness (QED) is 0.552. The lowest BCUT2D eigenvalue weighted by Crippen LogP contribution is -2.57. The van der Waals surface area contributed by atoms with Crippen molar-refractivity contribution in [1.29, 1.82) is 0 Å². The molecule has 3 amide bonds. The number of nitrogens with zero attached hydrogens (tertiary/aromatic N) is 1. The van der Waals surface area contributed by atoms with Crippen LogP contribution in [0.5, 0.6) is 0 Å². The van der Waals surface area contributed by atoms with E-state index in [0.717, 1.165) is 0 Å². The summed E-state index contributed by atoms with van der Waals surface area (Å²) in [7, 11) is 0. The van der Waals surface area contributed by atoms with Crippen LogP contribution in [0, 0.1) is 5.92 Å². The van der Waals surface area contributed by atoms with Gasteiger partial charge in [-0.3, -0.25) is 19.2 Å². The molecule has 11 heteroatoms. The van der Waals surface area contributed by atoms with Gasteiger partial charge in [0.2, 0.25) is 17.7 Å². The summed E-state index contributed by atoms with van der Waals surface area (Å²) < 4.78 is 38.3. The Kier molecular flexibility index (Phi) is 7.97. The fourth-order valence-corrected chi connectivity index (χ4v) is 2.92. The Bertz CT molecular complexity index is 622. The van der Waals surface area contributed by atoms with Crippen LogP contribution in [0.15, 0.2) is 0 Å². The molecule has 160 valence electrons. The highest BCUT2D eigenvalue weighted by Gasteiger charge is 2.46. The van der Waals surface area contributed by atoms with Crippen molar-refractivity contribution in [3.63, 3.8) is 0 Å². The van der Waals surface area contributed by atoms with Crippen LogP contribution in [0.4, 0.5) is 13.2 Å². The summed E-state index contributed by atoms with van der Waals surface area (Å²) in [5.74, 6) is -4.74. The number of nitrogens with one attached hydrogen (secondary N) is 2. The zero-order chi connectivity index (χ0) is 21.8. The van der Waals surface area contributed by atoms with Crippen LogP contribution in [0.1, 0.15) is 40.5 Å². The van der Waals surface area contributed by atoms with Crippen LogP contribution in [0.3, 0.4) is 0 Å². The molecule has 0 aromatic rings. The molecule has 28 heavy (non-hydrogen) atoms. The van der Waals surface area contributed by atoms with E-state index in [1.165, 1.54) is 32.6 Å². The third-order valence-corrected chi connectivity index (χ3v) is 4.51. The van der Waals surface area contributed by atoms with E-state index < -0.39 is 59.8 Å². The zero-order valence-electron chi connectivity index (χ0n) is 16.3. The summed E-state index contributed by atoms with van der Waals surface area (Å²) in [5, 5.41) is 4.56. The Morgan fingerprint density at radius 3 is 2.11 bits per heavy atom. The molecule has 0 bridgehead atoms. The Morgan fingerprint density at radius 1 is 1.07 bits per heavy atom. The molecule has 0 aliphatic carbocycles. The maximum atomic E-state index is 12.8. The van der Waals surface area contributed by atoms with Crippen LogP contribution in [-0.2, 0) is 19.2 Å². The molecule has 1 heterocycles. The van der Waals surface area contributed by atoms with Crippen molar-refractivity contribution in [2.75, 3.05) is 6.54 Å². The largest absolute Gasteiger partial charge is 0.452 e. The average Bonchev–Trinajstić information content (AvgIpc) is 3.06. The van der Waals surface area contributed by atoms with Gasteiger partial charge < -0.3 is 21.3 Å². The summed E-state index contributed by atoms with van der Waals surface area (Å²) in [6.45, 7) is 5.87.